The molecule has 0 spiro atoms. The van der Waals surface area contributed by atoms with Crippen molar-refractivity contribution >= 4 is 23.1 Å². The molecule has 0 aromatic heterocycles. The topological polar surface area (TPSA) is 68.3 Å². The van der Waals surface area contributed by atoms with Crippen LogP contribution in [0.5, 0.6) is 0 Å². The number of ketones is 4. The molecule has 0 amide bonds. The molecule has 0 saturated carbocycles. The maximum absolute atomic E-state index is 12.8. The van der Waals surface area contributed by atoms with Gasteiger partial charge in [0.25, 0.3) is 0 Å². The van der Waals surface area contributed by atoms with Crippen molar-refractivity contribution in [1.82, 2.24) is 0 Å². The second-order valence-electron chi connectivity index (χ2n) is 9.25. The molecule has 6 rings (SSSR count). The summed E-state index contributed by atoms with van der Waals surface area (Å²) in [4.78, 5) is 49.5. The molecular formula is C33H26O4. The molecule has 182 valence electrons. The van der Waals surface area contributed by atoms with Crippen LogP contribution in [-0.2, 0) is 6.42 Å². The first-order valence-corrected chi connectivity index (χ1v) is 12.6. The van der Waals surface area contributed by atoms with Crippen LogP contribution >= 0.6 is 0 Å². The number of hydrogen-bond donors (Lipinski definition) is 0. The number of aryl methyl sites for hydroxylation is 1. The predicted octanol–water partition coefficient (Wildman–Crippen LogP) is 6.66. The van der Waals surface area contributed by atoms with Crippen molar-refractivity contribution in [2.45, 2.75) is 32.6 Å². The minimum atomic E-state index is -0.0641. The van der Waals surface area contributed by atoms with Crippen LogP contribution in [0.25, 0.3) is 0 Å². The molecular weight excluding hydrogens is 460 g/mol. The van der Waals surface area contributed by atoms with Gasteiger partial charge in [0, 0.05) is 44.5 Å². The highest BCUT2D eigenvalue weighted by Crippen LogP contribution is 2.30. The van der Waals surface area contributed by atoms with Gasteiger partial charge in [0.1, 0.15) is 0 Å². The van der Waals surface area contributed by atoms with Crippen LogP contribution in [0, 0.1) is 0 Å². The maximum Gasteiger partial charge on any atom is 0.194 e. The molecule has 0 fully saturated rings. The van der Waals surface area contributed by atoms with Crippen molar-refractivity contribution in [1.29, 1.82) is 0 Å². The fourth-order valence-corrected chi connectivity index (χ4v) is 5.04. The summed E-state index contributed by atoms with van der Waals surface area (Å²) in [7, 11) is 0. The molecule has 4 aromatic rings. The third-order valence-corrected chi connectivity index (χ3v) is 6.92. The van der Waals surface area contributed by atoms with E-state index < -0.39 is 0 Å². The number of rotatable bonds is 4. The molecule has 0 bridgehead atoms. The van der Waals surface area contributed by atoms with Crippen molar-refractivity contribution in [2.75, 3.05) is 0 Å². The maximum atomic E-state index is 12.8. The molecule has 2 aliphatic carbocycles. The summed E-state index contributed by atoms with van der Waals surface area (Å²) in [6.07, 6.45) is 4.20. The van der Waals surface area contributed by atoms with Crippen molar-refractivity contribution in [3.05, 3.63) is 141 Å². The van der Waals surface area contributed by atoms with Gasteiger partial charge in [-0.05, 0) is 18.4 Å². The lowest BCUT2D eigenvalue weighted by Crippen LogP contribution is -2.22. The van der Waals surface area contributed by atoms with Crippen LogP contribution < -0.4 is 0 Å². The Hall–Kier alpha value is -4.44. The summed E-state index contributed by atoms with van der Waals surface area (Å²) in [5.74, 6) is -0.165. The van der Waals surface area contributed by atoms with Crippen LogP contribution in [0.1, 0.15) is 95.4 Å². The largest absolute Gasteiger partial charge is 0.289 e. The van der Waals surface area contributed by atoms with Crippen molar-refractivity contribution in [3.63, 3.8) is 0 Å². The smallest absolute Gasteiger partial charge is 0.194 e. The van der Waals surface area contributed by atoms with Gasteiger partial charge in [0.2, 0.25) is 0 Å². The highest BCUT2D eigenvalue weighted by atomic mass is 16.1. The number of unbranched alkanes of at least 4 members (excludes halogenated alkanes) is 2. The Balaban J connectivity index is 0.000000157. The molecule has 2 aliphatic rings. The Labute approximate surface area is 216 Å². The van der Waals surface area contributed by atoms with E-state index in [0.717, 1.165) is 31.2 Å². The Kier molecular flexibility index (Phi) is 6.74. The molecule has 0 unspecified atom stereocenters. The molecule has 0 N–H and O–H groups in total. The average molecular weight is 487 g/mol. The van der Waals surface area contributed by atoms with E-state index >= 15 is 0 Å². The fraction of sp³-hybridized carbons (Fsp3) is 0.152. The standard InChI is InChI=1S/C19H18O2.C14H8O2/c1-2-3-4-8-13-9-7-12-16-17(13)19(21)15-11-6-5-10-14(15)18(16)20;15-13-9-5-1-2-6-10(9)14(16)12-8-4-3-7-11(12)13/h5-7,9-12H,2-4,8H2,1H3;1-8H. The summed E-state index contributed by atoms with van der Waals surface area (Å²) in [6.45, 7) is 2.16. The minimum absolute atomic E-state index is 0.00713. The second-order valence-corrected chi connectivity index (χ2v) is 9.25. The average Bonchev–Trinajstić information content (AvgIpc) is 2.95. The van der Waals surface area contributed by atoms with E-state index in [2.05, 4.69) is 6.92 Å². The zero-order valence-corrected chi connectivity index (χ0v) is 20.6. The summed E-state index contributed by atoms with van der Waals surface area (Å²) >= 11 is 0. The number of benzene rings is 4. The van der Waals surface area contributed by atoms with Gasteiger partial charge >= 0.3 is 0 Å². The second kappa shape index (κ2) is 10.3. The number of carbonyl (C=O) groups is 4. The lowest BCUT2D eigenvalue weighted by atomic mass is 9.81. The summed E-state index contributed by atoms with van der Waals surface area (Å²) in [5, 5.41) is 0. The first-order chi connectivity index (χ1) is 18.0. The van der Waals surface area contributed by atoms with Crippen molar-refractivity contribution in [2.24, 2.45) is 0 Å². The predicted molar refractivity (Wildman–Crippen MR) is 143 cm³/mol. The summed E-state index contributed by atoms with van der Waals surface area (Å²) in [6, 6.07) is 26.7. The Morgan fingerprint density at radius 2 is 0.811 bits per heavy atom. The minimum Gasteiger partial charge on any atom is -0.289 e. The number of fused-ring (bicyclic) bond motifs is 4. The third kappa shape index (κ3) is 4.36. The van der Waals surface area contributed by atoms with Gasteiger partial charge in [0.15, 0.2) is 23.1 Å². The van der Waals surface area contributed by atoms with Crippen LogP contribution in [-0.4, -0.2) is 23.1 Å². The Morgan fingerprint density at radius 1 is 0.432 bits per heavy atom. The Bertz CT molecular complexity index is 1450. The quantitative estimate of drug-likeness (QED) is 0.261. The monoisotopic (exact) mass is 486 g/mol. The summed E-state index contributed by atoms with van der Waals surface area (Å²) in [5.41, 5.74) is 5.28. The van der Waals surface area contributed by atoms with E-state index in [1.54, 1.807) is 72.8 Å². The lowest BCUT2D eigenvalue weighted by molar-refractivity contribution is 0.0978. The lowest BCUT2D eigenvalue weighted by Gasteiger charge is -2.20. The molecule has 4 heteroatoms. The SMILES string of the molecule is CCCCCc1cccc2c1C(=O)c1ccccc1C2=O.O=C1c2ccccc2C(=O)c2ccccc21. The molecule has 0 radical (unpaired) electrons. The van der Waals surface area contributed by atoms with Crippen molar-refractivity contribution in [3.8, 4) is 0 Å². The van der Waals surface area contributed by atoms with Gasteiger partial charge in [-0.15, -0.1) is 0 Å². The van der Waals surface area contributed by atoms with E-state index in [4.69, 9.17) is 0 Å². The molecule has 0 saturated heterocycles. The zero-order chi connectivity index (χ0) is 25.9. The molecule has 0 heterocycles. The first-order valence-electron chi connectivity index (χ1n) is 12.6. The van der Waals surface area contributed by atoms with Gasteiger partial charge in [-0.1, -0.05) is 111 Å². The van der Waals surface area contributed by atoms with Gasteiger partial charge in [-0.25, -0.2) is 0 Å². The van der Waals surface area contributed by atoms with Crippen molar-refractivity contribution < 1.29 is 19.2 Å². The fourth-order valence-electron chi connectivity index (χ4n) is 5.04. The van der Waals surface area contributed by atoms with E-state index in [1.165, 1.54) is 0 Å². The first kappa shape index (κ1) is 24.3. The third-order valence-electron chi connectivity index (χ3n) is 6.92. The van der Waals surface area contributed by atoms with E-state index in [-0.39, 0.29) is 23.1 Å². The Morgan fingerprint density at radius 3 is 1.24 bits per heavy atom. The van der Waals surface area contributed by atoms with E-state index in [0.29, 0.717) is 44.5 Å². The van der Waals surface area contributed by atoms with Crippen LogP contribution in [0.2, 0.25) is 0 Å². The molecule has 4 nitrogen and oxygen atoms in total. The van der Waals surface area contributed by atoms with E-state index in [1.807, 2.05) is 18.2 Å². The molecule has 4 aromatic carbocycles. The zero-order valence-electron chi connectivity index (χ0n) is 20.6. The van der Waals surface area contributed by atoms with Gasteiger partial charge in [-0.2, -0.15) is 0 Å². The molecule has 0 aliphatic heterocycles. The molecule has 0 atom stereocenters. The van der Waals surface area contributed by atoms with Crippen LogP contribution in [0.3, 0.4) is 0 Å². The van der Waals surface area contributed by atoms with Crippen LogP contribution in [0.15, 0.2) is 91.0 Å². The normalized spacial score (nSPS) is 13.1. The van der Waals surface area contributed by atoms with Gasteiger partial charge in [0.05, 0.1) is 0 Å². The highest BCUT2D eigenvalue weighted by Gasteiger charge is 2.31. The van der Waals surface area contributed by atoms with Gasteiger partial charge in [-0.3, -0.25) is 19.2 Å². The van der Waals surface area contributed by atoms with Crippen LogP contribution in [0.4, 0.5) is 0 Å². The molecule has 37 heavy (non-hydrogen) atoms. The van der Waals surface area contributed by atoms with Gasteiger partial charge < -0.3 is 0 Å². The van der Waals surface area contributed by atoms with E-state index in [9.17, 15) is 19.2 Å². The number of carbonyl (C=O) groups excluding carboxylic acids is 4. The highest BCUT2D eigenvalue weighted by molar-refractivity contribution is 6.29. The summed E-state index contributed by atoms with van der Waals surface area (Å²) < 4.78 is 0. The number of hydrogen-bond acceptors (Lipinski definition) is 4.